The predicted molar refractivity (Wildman–Crippen MR) is 131 cm³/mol. The van der Waals surface area contributed by atoms with Crippen LogP contribution in [0.5, 0.6) is 5.75 Å². The Morgan fingerprint density at radius 2 is 1.97 bits per heavy atom. The van der Waals surface area contributed by atoms with Gasteiger partial charge in [-0.3, -0.25) is 9.48 Å². The van der Waals surface area contributed by atoms with Crippen molar-refractivity contribution in [2.75, 3.05) is 6.61 Å². The summed E-state index contributed by atoms with van der Waals surface area (Å²) in [5, 5.41) is 9.08. The summed E-state index contributed by atoms with van der Waals surface area (Å²) in [4.78, 5) is 17.8. The first-order valence-corrected chi connectivity index (χ1v) is 11.0. The number of aryl methyl sites for hydroxylation is 1. The van der Waals surface area contributed by atoms with E-state index in [2.05, 4.69) is 22.5 Å². The topological polar surface area (TPSA) is 81.4 Å². The van der Waals surface area contributed by atoms with Crippen LogP contribution < -0.4 is 10.2 Å². The van der Waals surface area contributed by atoms with Gasteiger partial charge in [0.15, 0.2) is 0 Å². The number of amides is 1. The molecule has 2 aromatic carbocycles. The minimum absolute atomic E-state index is 0.299. The Kier molecular flexibility index (Phi) is 6.78. The smallest absolute Gasteiger partial charge is 0.272 e. The number of para-hydroxylation sites is 1. The van der Waals surface area contributed by atoms with Crippen LogP contribution in [0.3, 0.4) is 0 Å². The van der Waals surface area contributed by atoms with Gasteiger partial charge in [0.25, 0.3) is 5.91 Å². The second-order valence-corrected chi connectivity index (χ2v) is 7.81. The Balaban J connectivity index is 1.60. The van der Waals surface area contributed by atoms with Crippen molar-refractivity contribution >= 4 is 23.0 Å². The van der Waals surface area contributed by atoms with Gasteiger partial charge in [-0.25, -0.2) is 10.4 Å². The van der Waals surface area contributed by atoms with Crippen LogP contribution in [0.2, 0.25) is 0 Å². The maximum atomic E-state index is 13.0. The maximum Gasteiger partial charge on any atom is 0.272 e. The standard InChI is InChI=1S/C26H27N5O2/c1-4-5-14-33-21-12-10-19(11-13-21)25-15-23(22-8-6-7-9-24(22)29-25)26(32)30-27-16-20-17-28-31(3)18(20)2/h6-13,15-17H,4-5,14H2,1-3H3,(H,30,32)/b27-16-. The Bertz CT molecular complexity index is 1290. The molecule has 0 radical (unpaired) electrons. The number of nitrogens with zero attached hydrogens (tertiary/aromatic N) is 4. The van der Waals surface area contributed by atoms with Gasteiger partial charge in [0, 0.05) is 29.3 Å². The lowest BCUT2D eigenvalue weighted by Crippen LogP contribution is -2.18. The van der Waals surface area contributed by atoms with E-state index >= 15 is 0 Å². The molecule has 0 aliphatic rings. The highest BCUT2D eigenvalue weighted by atomic mass is 16.5. The molecule has 0 bridgehead atoms. The minimum Gasteiger partial charge on any atom is -0.494 e. The number of carbonyl (C=O) groups is 1. The molecule has 7 heteroatoms. The lowest BCUT2D eigenvalue weighted by atomic mass is 10.0. The lowest BCUT2D eigenvalue weighted by Gasteiger charge is -2.10. The van der Waals surface area contributed by atoms with E-state index in [-0.39, 0.29) is 5.91 Å². The van der Waals surface area contributed by atoms with Gasteiger partial charge >= 0.3 is 0 Å². The number of ether oxygens (including phenoxy) is 1. The average Bonchev–Trinajstić information content (AvgIpc) is 3.16. The maximum absolute atomic E-state index is 13.0. The molecule has 0 saturated carbocycles. The second kappa shape index (κ2) is 10.1. The first-order chi connectivity index (χ1) is 16.1. The van der Waals surface area contributed by atoms with Crippen molar-refractivity contribution in [2.45, 2.75) is 26.7 Å². The third-order valence-electron chi connectivity index (χ3n) is 5.52. The Hall–Kier alpha value is -4.00. The molecule has 33 heavy (non-hydrogen) atoms. The van der Waals surface area contributed by atoms with E-state index in [1.54, 1.807) is 23.2 Å². The number of hydrogen-bond acceptors (Lipinski definition) is 5. The highest BCUT2D eigenvalue weighted by Gasteiger charge is 2.14. The highest BCUT2D eigenvalue weighted by molar-refractivity contribution is 6.07. The van der Waals surface area contributed by atoms with Crippen molar-refractivity contribution in [3.63, 3.8) is 0 Å². The molecular weight excluding hydrogens is 414 g/mol. The first-order valence-electron chi connectivity index (χ1n) is 11.0. The summed E-state index contributed by atoms with van der Waals surface area (Å²) in [6.45, 7) is 4.78. The molecule has 0 spiro atoms. The van der Waals surface area contributed by atoms with Gasteiger partial charge in [-0.1, -0.05) is 31.5 Å². The number of fused-ring (bicyclic) bond motifs is 1. The zero-order valence-electron chi connectivity index (χ0n) is 19.1. The zero-order chi connectivity index (χ0) is 23.2. The van der Waals surface area contributed by atoms with Gasteiger partial charge < -0.3 is 4.74 Å². The van der Waals surface area contributed by atoms with Gasteiger partial charge in [0.1, 0.15) is 5.75 Å². The van der Waals surface area contributed by atoms with Crippen LogP contribution in [-0.4, -0.2) is 33.5 Å². The van der Waals surface area contributed by atoms with Crippen molar-refractivity contribution in [1.82, 2.24) is 20.2 Å². The molecule has 0 unspecified atom stereocenters. The van der Waals surface area contributed by atoms with Crippen LogP contribution in [0.1, 0.15) is 41.4 Å². The summed E-state index contributed by atoms with van der Waals surface area (Å²) in [6.07, 6.45) is 5.42. The third-order valence-corrected chi connectivity index (χ3v) is 5.52. The quantitative estimate of drug-likeness (QED) is 0.240. The molecule has 4 rings (SSSR count). The summed E-state index contributed by atoms with van der Waals surface area (Å²) in [6, 6.07) is 17.2. The lowest BCUT2D eigenvalue weighted by molar-refractivity contribution is 0.0956. The highest BCUT2D eigenvalue weighted by Crippen LogP contribution is 2.26. The minimum atomic E-state index is -0.299. The van der Waals surface area contributed by atoms with Crippen molar-refractivity contribution in [2.24, 2.45) is 12.1 Å². The summed E-state index contributed by atoms with van der Waals surface area (Å²) in [7, 11) is 1.86. The molecule has 0 aliphatic heterocycles. The fraction of sp³-hybridized carbons (Fsp3) is 0.231. The van der Waals surface area contributed by atoms with E-state index < -0.39 is 0 Å². The van der Waals surface area contributed by atoms with Crippen LogP contribution in [0.15, 0.2) is 65.9 Å². The molecular formula is C26H27N5O2. The van der Waals surface area contributed by atoms with E-state index in [0.29, 0.717) is 17.9 Å². The first kappa shape index (κ1) is 22.2. The van der Waals surface area contributed by atoms with Gasteiger partial charge in [-0.15, -0.1) is 0 Å². The molecule has 1 amide bonds. The van der Waals surface area contributed by atoms with Crippen molar-refractivity contribution in [3.8, 4) is 17.0 Å². The number of unbranched alkanes of at least 4 members (excludes halogenated alkanes) is 1. The van der Waals surface area contributed by atoms with Crippen LogP contribution in [0.25, 0.3) is 22.2 Å². The normalized spacial score (nSPS) is 11.2. The van der Waals surface area contributed by atoms with Gasteiger partial charge in [0.2, 0.25) is 0 Å². The fourth-order valence-electron chi connectivity index (χ4n) is 3.43. The number of rotatable bonds is 8. The molecule has 7 nitrogen and oxygen atoms in total. The number of pyridine rings is 1. The van der Waals surface area contributed by atoms with E-state index in [4.69, 9.17) is 9.72 Å². The summed E-state index contributed by atoms with van der Waals surface area (Å²) >= 11 is 0. The number of hydrazone groups is 1. The van der Waals surface area contributed by atoms with E-state index in [1.165, 1.54) is 0 Å². The Labute approximate surface area is 193 Å². The molecule has 0 saturated heterocycles. The Morgan fingerprint density at radius 1 is 1.18 bits per heavy atom. The van der Waals surface area contributed by atoms with Crippen molar-refractivity contribution in [3.05, 3.63) is 77.6 Å². The van der Waals surface area contributed by atoms with Crippen LogP contribution in [0, 0.1) is 6.92 Å². The molecule has 0 fully saturated rings. The number of hydrogen-bond donors (Lipinski definition) is 1. The largest absolute Gasteiger partial charge is 0.494 e. The number of benzene rings is 2. The summed E-state index contributed by atoms with van der Waals surface area (Å²) in [5.41, 5.74) is 7.33. The average molecular weight is 442 g/mol. The summed E-state index contributed by atoms with van der Waals surface area (Å²) in [5.74, 6) is 0.526. The number of aromatic nitrogens is 3. The molecule has 168 valence electrons. The fourth-order valence-corrected chi connectivity index (χ4v) is 3.43. The van der Waals surface area contributed by atoms with Crippen molar-refractivity contribution in [1.29, 1.82) is 0 Å². The monoisotopic (exact) mass is 441 g/mol. The number of carbonyl (C=O) groups excluding carboxylic acids is 1. The second-order valence-electron chi connectivity index (χ2n) is 7.81. The molecule has 0 aliphatic carbocycles. The zero-order valence-corrected chi connectivity index (χ0v) is 19.1. The van der Waals surface area contributed by atoms with E-state index in [9.17, 15) is 4.79 Å². The van der Waals surface area contributed by atoms with Gasteiger partial charge in [-0.2, -0.15) is 10.2 Å². The van der Waals surface area contributed by atoms with Crippen molar-refractivity contribution < 1.29 is 9.53 Å². The summed E-state index contributed by atoms with van der Waals surface area (Å²) < 4.78 is 7.51. The molecule has 2 heterocycles. The Morgan fingerprint density at radius 3 is 2.70 bits per heavy atom. The molecule has 4 aromatic rings. The van der Waals surface area contributed by atoms with E-state index in [1.807, 2.05) is 62.5 Å². The van der Waals surface area contributed by atoms with Crippen LogP contribution >= 0.6 is 0 Å². The van der Waals surface area contributed by atoms with Crippen LogP contribution in [-0.2, 0) is 7.05 Å². The van der Waals surface area contributed by atoms with E-state index in [0.717, 1.165) is 46.3 Å². The third kappa shape index (κ3) is 5.09. The van der Waals surface area contributed by atoms with Gasteiger partial charge in [0.05, 0.1) is 35.8 Å². The predicted octanol–water partition coefficient (Wildman–Crippen LogP) is 4.89. The van der Waals surface area contributed by atoms with Gasteiger partial charge in [-0.05, 0) is 49.7 Å². The van der Waals surface area contributed by atoms with Crippen LogP contribution in [0.4, 0.5) is 0 Å². The molecule has 2 aromatic heterocycles. The number of nitrogens with one attached hydrogen (secondary N) is 1. The molecule has 1 N–H and O–H groups in total. The molecule has 0 atom stereocenters. The SMILES string of the molecule is CCCCOc1ccc(-c2cc(C(=O)N/N=C\c3cnn(C)c3C)c3ccccc3n2)cc1.